The van der Waals surface area contributed by atoms with E-state index >= 15 is 0 Å². The highest BCUT2D eigenvalue weighted by molar-refractivity contribution is 9.10. The van der Waals surface area contributed by atoms with E-state index in [9.17, 15) is 9.59 Å². The van der Waals surface area contributed by atoms with Gasteiger partial charge in [0.2, 0.25) is 5.91 Å². The molecule has 31 heavy (non-hydrogen) atoms. The molecule has 1 saturated carbocycles. The molecular weight excluding hydrogens is 456 g/mol. The number of nitrogens with zero attached hydrogens (tertiary/aromatic N) is 1. The molecular formula is C25H31BrN2O3. The summed E-state index contributed by atoms with van der Waals surface area (Å²) in [6, 6.07) is 15.0. The van der Waals surface area contributed by atoms with Crippen LogP contribution in [0.15, 0.2) is 53.0 Å². The van der Waals surface area contributed by atoms with Gasteiger partial charge in [0.15, 0.2) is 6.61 Å². The second kappa shape index (κ2) is 11.3. The molecule has 1 aliphatic carbocycles. The van der Waals surface area contributed by atoms with Crippen molar-refractivity contribution < 1.29 is 14.3 Å². The van der Waals surface area contributed by atoms with Gasteiger partial charge < -0.3 is 15.0 Å². The van der Waals surface area contributed by atoms with Crippen molar-refractivity contribution in [1.29, 1.82) is 0 Å². The van der Waals surface area contributed by atoms with Crippen LogP contribution in [-0.4, -0.2) is 35.4 Å². The molecule has 1 atom stereocenters. The summed E-state index contributed by atoms with van der Waals surface area (Å²) >= 11 is 3.48. The molecule has 3 rings (SSSR count). The van der Waals surface area contributed by atoms with Gasteiger partial charge in [-0.3, -0.25) is 9.59 Å². The third-order valence-corrected chi connectivity index (χ3v) is 6.21. The Labute approximate surface area is 193 Å². The van der Waals surface area contributed by atoms with Crippen LogP contribution >= 0.6 is 15.9 Å². The van der Waals surface area contributed by atoms with Gasteiger partial charge in [-0.25, -0.2) is 0 Å². The molecule has 0 aromatic heterocycles. The Hall–Kier alpha value is -2.34. The second-order valence-electron chi connectivity index (χ2n) is 8.28. The molecule has 0 saturated heterocycles. The molecule has 1 N–H and O–H groups in total. The standard InChI is InChI=1S/C25H31BrN2O3/c1-18-8-6-13-23(14-18)31-17-24(29)28(16-20-9-7-10-21(26)15-20)19(2)25(30)27-22-11-4-3-5-12-22/h6-10,13-15,19,22H,3-5,11-12,16-17H2,1-2H3,(H,27,30). The molecule has 2 amide bonds. The maximum absolute atomic E-state index is 13.1. The van der Waals surface area contributed by atoms with Crippen LogP contribution in [-0.2, 0) is 16.1 Å². The van der Waals surface area contributed by atoms with Crippen molar-refractivity contribution >= 4 is 27.7 Å². The normalized spacial score (nSPS) is 15.2. The van der Waals surface area contributed by atoms with Gasteiger partial charge in [-0.1, -0.05) is 59.5 Å². The fraction of sp³-hybridized carbons (Fsp3) is 0.440. The number of ether oxygens (including phenoxy) is 1. The molecule has 2 aromatic carbocycles. The Balaban J connectivity index is 1.70. The smallest absolute Gasteiger partial charge is 0.261 e. The van der Waals surface area contributed by atoms with Crippen LogP contribution in [0.2, 0.25) is 0 Å². The van der Waals surface area contributed by atoms with Gasteiger partial charge in [0.05, 0.1) is 0 Å². The fourth-order valence-corrected chi connectivity index (χ4v) is 4.36. The fourth-order valence-electron chi connectivity index (χ4n) is 3.92. The minimum Gasteiger partial charge on any atom is -0.484 e. The van der Waals surface area contributed by atoms with Crippen LogP contribution in [0.1, 0.15) is 50.2 Å². The van der Waals surface area contributed by atoms with E-state index in [-0.39, 0.29) is 24.5 Å². The number of nitrogens with one attached hydrogen (secondary N) is 1. The number of rotatable bonds is 8. The molecule has 166 valence electrons. The number of halogens is 1. The predicted octanol–water partition coefficient (Wildman–Crippen LogP) is 5.00. The Morgan fingerprint density at radius 3 is 2.58 bits per heavy atom. The van der Waals surface area contributed by atoms with E-state index in [4.69, 9.17) is 4.74 Å². The lowest BCUT2D eigenvalue weighted by atomic mass is 9.95. The molecule has 0 heterocycles. The lowest BCUT2D eigenvalue weighted by Crippen LogP contribution is -2.51. The first-order valence-electron chi connectivity index (χ1n) is 11.0. The van der Waals surface area contributed by atoms with Gasteiger partial charge in [-0.15, -0.1) is 0 Å². The summed E-state index contributed by atoms with van der Waals surface area (Å²) in [4.78, 5) is 27.7. The van der Waals surface area contributed by atoms with Crippen LogP contribution in [0, 0.1) is 6.92 Å². The average molecular weight is 487 g/mol. The summed E-state index contributed by atoms with van der Waals surface area (Å²) in [6.45, 7) is 4.00. The Morgan fingerprint density at radius 1 is 1.13 bits per heavy atom. The summed E-state index contributed by atoms with van der Waals surface area (Å²) < 4.78 is 6.68. The van der Waals surface area contributed by atoms with Crippen LogP contribution in [0.25, 0.3) is 0 Å². The minimum atomic E-state index is -0.588. The van der Waals surface area contributed by atoms with Gasteiger partial charge >= 0.3 is 0 Å². The highest BCUT2D eigenvalue weighted by Gasteiger charge is 2.28. The first-order valence-corrected chi connectivity index (χ1v) is 11.8. The molecule has 1 unspecified atom stereocenters. The maximum atomic E-state index is 13.1. The molecule has 5 nitrogen and oxygen atoms in total. The summed E-state index contributed by atoms with van der Waals surface area (Å²) in [5.74, 6) is 0.327. The van der Waals surface area contributed by atoms with Gasteiger partial charge in [0.25, 0.3) is 5.91 Å². The van der Waals surface area contributed by atoms with Crippen molar-refractivity contribution in [3.8, 4) is 5.75 Å². The van der Waals surface area contributed by atoms with E-state index in [0.717, 1.165) is 41.3 Å². The van der Waals surface area contributed by atoms with Crippen molar-refractivity contribution in [2.45, 2.75) is 64.6 Å². The van der Waals surface area contributed by atoms with E-state index in [1.807, 2.05) is 55.5 Å². The van der Waals surface area contributed by atoms with Crippen LogP contribution in [0.4, 0.5) is 0 Å². The van der Waals surface area contributed by atoms with Crippen LogP contribution in [0.3, 0.4) is 0 Å². The molecule has 1 fully saturated rings. The monoisotopic (exact) mass is 486 g/mol. The molecule has 0 bridgehead atoms. The van der Waals surface area contributed by atoms with Crippen molar-refractivity contribution in [1.82, 2.24) is 10.2 Å². The average Bonchev–Trinajstić information content (AvgIpc) is 2.76. The minimum absolute atomic E-state index is 0.106. The van der Waals surface area contributed by atoms with Gasteiger partial charge in [0, 0.05) is 17.1 Å². The predicted molar refractivity (Wildman–Crippen MR) is 126 cm³/mol. The van der Waals surface area contributed by atoms with Crippen LogP contribution in [0.5, 0.6) is 5.75 Å². The molecule has 1 aliphatic rings. The number of hydrogen-bond acceptors (Lipinski definition) is 3. The highest BCUT2D eigenvalue weighted by atomic mass is 79.9. The zero-order valence-corrected chi connectivity index (χ0v) is 19.9. The van der Waals surface area contributed by atoms with Crippen molar-refractivity contribution in [3.05, 3.63) is 64.1 Å². The van der Waals surface area contributed by atoms with Crippen LogP contribution < -0.4 is 10.1 Å². The van der Waals surface area contributed by atoms with E-state index < -0.39 is 6.04 Å². The summed E-state index contributed by atoms with van der Waals surface area (Å²) in [6.07, 6.45) is 5.53. The zero-order valence-electron chi connectivity index (χ0n) is 18.3. The van der Waals surface area contributed by atoms with E-state index in [2.05, 4.69) is 21.2 Å². The number of carbonyl (C=O) groups excluding carboxylic acids is 2. The van der Waals surface area contributed by atoms with Gasteiger partial charge in [-0.2, -0.15) is 0 Å². The topological polar surface area (TPSA) is 58.6 Å². The number of aryl methyl sites for hydroxylation is 1. The number of carbonyl (C=O) groups is 2. The Bertz CT molecular complexity index is 896. The first-order chi connectivity index (χ1) is 14.9. The lowest BCUT2D eigenvalue weighted by molar-refractivity contribution is -0.142. The van der Waals surface area contributed by atoms with Gasteiger partial charge in [-0.05, 0) is 62.1 Å². The Morgan fingerprint density at radius 2 is 1.87 bits per heavy atom. The van der Waals surface area contributed by atoms with Crippen molar-refractivity contribution in [3.63, 3.8) is 0 Å². The number of benzene rings is 2. The van der Waals surface area contributed by atoms with Crippen molar-refractivity contribution in [2.24, 2.45) is 0 Å². The zero-order chi connectivity index (χ0) is 22.2. The lowest BCUT2D eigenvalue weighted by Gasteiger charge is -2.31. The maximum Gasteiger partial charge on any atom is 0.261 e. The quantitative estimate of drug-likeness (QED) is 0.570. The largest absolute Gasteiger partial charge is 0.484 e. The Kier molecular flexibility index (Phi) is 8.52. The third kappa shape index (κ3) is 7.10. The van der Waals surface area contributed by atoms with E-state index in [1.165, 1.54) is 6.42 Å². The SMILES string of the molecule is Cc1cccc(OCC(=O)N(Cc2cccc(Br)c2)C(C)C(=O)NC2CCCCC2)c1. The summed E-state index contributed by atoms with van der Waals surface area (Å²) in [5, 5.41) is 3.15. The number of amides is 2. The molecule has 6 heteroatoms. The number of hydrogen-bond donors (Lipinski definition) is 1. The molecule has 0 radical (unpaired) electrons. The second-order valence-corrected chi connectivity index (χ2v) is 9.19. The van der Waals surface area contributed by atoms with Crippen molar-refractivity contribution in [2.75, 3.05) is 6.61 Å². The van der Waals surface area contributed by atoms with E-state index in [0.29, 0.717) is 12.3 Å². The first kappa shape index (κ1) is 23.3. The van der Waals surface area contributed by atoms with E-state index in [1.54, 1.807) is 11.8 Å². The summed E-state index contributed by atoms with van der Waals surface area (Å²) in [5.41, 5.74) is 2.02. The van der Waals surface area contributed by atoms with Gasteiger partial charge in [0.1, 0.15) is 11.8 Å². The molecule has 2 aromatic rings. The molecule has 0 aliphatic heterocycles. The highest BCUT2D eigenvalue weighted by Crippen LogP contribution is 2.19. The summed E-state index contributed by atoms with van der Waals surface area (Å²) in [7, 11) is 0. The third-order valence-electron chi connectivity index (χ3n) is 5.71. The molecule has 0 spiro atoms.